The number of hydrogen-bond donors (Lipinski definition) is 1. The minimum atomic E-state index is -0.344. The summed E-state index contributed by atoms with van der Waals surface area (Å²) in [7, 11) is 6.22. The SMILES string of the molecule is CN(C)CC1CCc2c(n(C)c3ccccc23)C1O. The molecule has 1 aliphatic rings. The van der Waals surface area contributed by atoms with Crippen LogP contribution < -0.4 is 0 Å². The third-order valence-electron chi connectivity index (χ3n) is 4.35. The number of nitrogens with zero attached hydrogens (tertiary/aromatic N) is 2. The fraction of sp³-hybridized carbons (Fsp3) is 0.500. The number of benzene rings is 1. The van der Waals surface area contributed by atoms with Crippen molar-refractivity contribution >= 4 is 10.9 Å². The Morgan fingerprint density at radius 2 is 2.05 bits per heavy atom. The van der Waals surface area contributed by atoms with E-state index in [0.29, 0.717) is 5.92 Å². The second-order valence-corrected chi connectivity index (χ2v) is 5.95. The average molecular weight is 258 g/mol. The summed E-state index contributed by atoms with van der Waals surface area (Å²) in [6.07, 6.45) is 1.80. The summed E-state index contributed by atoms with van der Waals surface area (Å²) in [6.45, 7) is 0.947. The van der Waals surface area contributed by atoms with Crippen LogP contribution >= 0.6 is 0 Å². The van der Waals surface area contributed by atoms with Crippen LogP contribution in [0.15, 0.2) is 24.3 Å². The van der Waals surface area contributed by atoms with Crippen molar-refractivity contribution in [1.29, 1.82) is 0 Å². The van der Waals surface area contributed by atoms with Crippen LogP contribution in [0.5, 0.6) is 0 Å². The number of aliphatic hydroxyl groups is 1. The number of rotatable bonds is 2. The molecule has 1 heterocycles. The quantitative estimate of drug-likeness (QED) is 0.895. The van der Waals surface area contributed by atoms with Gasteiger partial charge < -0.3 is 14.6 Å². The van der Waals surface area contributed by atoms with E-state index in [4.69, 9.17) is 0 Å². The molecule has 1 aromatic carbocycles. The van der Waals surface area contributed by atoms with Crippen LogP contribution in [0.2, 0.25) is 0 Å². The number of aliphatic hydroxyl groups excluding tert-OH is 1. The topological polar surface area (TPSA) is 28.4 Å². The van der Waals surface area contributed by atoms with Crippen LogP contribution in [0.3, 0.4) is 0 Å². The van der Waals surface area contributed by atoms with E-state index < -0.39 is 0 Å². The van der Waals surface area contributed by atoms with Gasteiger partial charge in [-0.3, -0.25) is 0 Å². The molecule has 3 heteroatoms. The van der Waals surface area contributed by atoms with Gasteiger partial charge in [0.05, 0.1) is 11.8 Å². The zero-order valence-corrected chi connectivity index (χ0v) is 11.9. The Kier molecular flexibility index (Phi) is 3.11. The van der Waals surface area contributed by atoms with Crippen LogP contribution in [-0.2, 0) is 13.5 Å². The molecule has 102 valence electrons. The van der Waals surface area contributed by atoms with E-state index in [1.54, 1.807) is 0 Å². The van der Waals surface area contributed by atoms with Gasteiger partial charge in [-0.2, -0.15) is 0 Å². The minimum absolute atomic E-state index is 0.338. The fourth-order valence-corrected chi connectivity index (χ4v) is 3.50. The van der Waals surface area contributed by atoms with Crippen molar-refractivity contribution in [2.75, 3.05) is 20.6 Å². The number of para-hydroxylation sites is 1. The number of aryl methyl sites for hydroxylation is 2. The van der Waals surface area contributed by atoms with E-state index in [1.165, 1.54) is 16.5 Å². The first kappa shape index (κ1) is 12.7. The molecular weight excluding hydrogens is 236 g/mol. The van der Waals surface area contributed by atoms with Crippen LogP contribution in [0.1, 0.15) is 23.8 Å². The summed E-state index contributed by atoms with van der Waals surface area (Å²) in [6, 6.07) is 8.47. The standard InChI is InChI=1S/C16H22N2O/c1-17(2)10-11-8-9-13-12-6-4-5-7-14(12)18(3)15(13)16(11)19/h4-7,11,16,19H,8-10H2,1-3H3. The molecule has 2 aromatic rings. The first-order chi connectivity index (χ1) is 9.09. The van der Waals surface area contributed by atoms with Gasteiger partial charge in [-0.05, 0) is 38.6 Å². The molecule has 0 aliphatic heterocycles. The number of fused-ring (bicyclic) bond motifs is 3. The Bertz CT molecular complexity index is 600. The molecule has 0 radical (unpaired) electrons. The zero-order chi connectivity index (χ0) is 13.6. The molecule has 0 amide bonds. The predicted molar refractivity (Wildman–Crippen MR) is 78.2 cm³/mol. The summed E-state index contributed by atoms with van der Waals surface area (Å²) in [4.78, 5) is 2.17. The van der Waals surface area contributed by atoms with Crippen molar-refractivity contribution in [3.8, 4) is 0 Å². The van der Waals surface area contributed by atoms with Gasteiger partial charge in [-0.25, -0.2) is 0 Å². The Hall–Kier alpha value is -1.32. The molecule has 1 aliphatic carbocycles. The predicted octanol–water partition coefficient (Wildman–Crippen LogP) is 2.34. The second kappa shape index (κ2) is 4.66. The van der Waals surface area contributed by atoms with Crippen molar-refractivity contribution in [1.82, 2.24) is 9.47 Å². The molecule has 0 fully saturated rings. The minimum Gasteiger partial charge on any atom is -0.387 e. The lowest BCUT2D eigenvalue weighted by Crippen LogP contribution is -2.31. The molecule has 0 bridgehead atoms. The molecule has 0 spiro atoms. The van der Waals surface area contributed by atoms with Crippen LogP contribution in [-0.4, -0.2) is 35.2 Å². The van der Waals surface area contributed by atoms with Gasteiger partial charge in [0.2, 0.25) is 0 Å². The van der Waals surface area contributed by atoms with Gasteiger partial charge in [-0.15, -0.1) is 0 Å². The monoisotopic (exact) mass is 258 g/mol. The van der Waals surface area contributed by atoms with Crippen molar-refractivity contribution in [3.05, 3.63) is 35.5 Å². The molecule has 0 saturated carbocycles. The van der Waals surface area contributed by atoms with E-state index in [-0.39, 0.29) is 6.10 Å². The molecule has 19 heavy (non-hydrogen) atoms. The molecule has 3 nitrogen and oxygen atoms in total. The average Bonchev–Trinajstić information content (AvgIpc) is 2.67. The summed E-state index contributed by atoms with van der Waals surface area (Å²) in [5.74, 6) is 0.338. The maximum Gasteiger partial charge on any atom is 0.0983 e. The Labute approximate surface area is 114 Å². The zero-order valence-electron chi connectivity index (χ0n) is 11.9. The lowest BCUT2D eigenvalue weighted by atomic mass is 9.84. The number of aromatic nitrogens is 1. The highest BCUT2D eigenvalue weighted by Crippen LogP contribution is 2.39. The molecule has 1 aromatic heterocycles. The third-order valence-corrected chi connectivity index (χ3v) is 4.35. The normalized spacial score (nSPS) is 23.0. The maximum atomic E-state index is 10.7. The maximum absolute atomic E-state index is 10.7. The van der Waals surface area contributed by atoms with Crippen LogP contribution in [0, 0.1) is 5.92 Å². The summed E-state index contributed by atoms with van der Waals surface area (Å²) in [5.41, 5.74) is 3.71. The first-order valence-corrected chi connectivity index (χ1v) is 6.98. The summed E-state index contributed by atoms with van der Waals surface area (Å²) < 4.78 is 2.18. The summed E-state index contributed by atoms with van der Waals surface area (Å²) in [5, 5.41) is 12.0. The van der Waals surface area contributed by atoms with Gasteiger partial charge >= 0.3 is 0 Å². The highest BCUT2D eigenvalue weighted by molar-refractivity contribution is 5.86. The van der Waals surface area contributed by atoms with E-state index in [9.17, 15) is 5.11 Å². The number of hydrogen-bond acceptors (Lipinski definition) is 2. The van der Waals surface area contributed by atoms with Crippen molar-refractivity contribution in [2.24, 2.45) is 13.0 Å². The molecule has 2 unspecified atom stereocenters. The van der Waals surface area contributed by atoms with Gasteiger partial charge in [0.25, 0.3) is 0 Å². The Balaban J connectivity index is 2.08. The van der Waals surface area contributed by atoms with E-state index in [1.807, 2.05) is 0 Å². The Morgan fingerprint density at radius 1 is 1.32 bits per heavy atom. The lowest BCUT2D eigenvalue weighted by molar-refractivity contribution is 0.0711. The first-order valence-electron chi connectivity index (χ1n) is 6.98. The molecule has 3 rings (SSSR count). The van der Waals surface area contributed by atoms with Gasteiger partial charge in [0, 0.05) is 30.4 Å². The summed E-state index contributed by atoms with van der Waals surface area (Å²) >= 11 is 0. The van der Waals surface area contributed by atoms with E-state index in [2.05, 4.69) is 54.9 Å². The second-order valence-electron chi connectivity index (χ2n) is 5.95. The van der Waals surface area contributed by atoms with Crippen molar-refractivity contribution in [2.45, 2.75) is 18.9 Å². The molecule has 2 atom stereocenters. The highest BCUT2D eigenvalue weighted by Gasteiger charge is 2.32. The van der Waals surface area contributed by atoms with Crippen molar-refractivity contribution < 1.29 is 5.11 Å². The van der Waals surface area contributed by atoms with Gasteiger partial charge in [-0.1, -0.05) is 18.2 Å². The fourth-order valence-electron chi connectivity index (χ4n) is 3.50. The van der Waals surface area contributed by atoms with Crippen LogP contribution in [0.4, 0.5) is 0 Å². The van der Waals surface area contributed by atoms with Crippen LogP contribution in [0.25, 0.3) is 10.9 Å². The highest BCUT2D eigenvalue weighted by atomic mass is 16.3. The van der Waals surface area contributed by atoms with E-state index >= 15 is 0 Å². The van der Waals surface area contributed by atoms with E-state index in [0.717, 1.165) is 25.1 Å². The Morgan fingerprint density at radius 3 is 2.79 bits per heavy atom. The lowest BCUT2D eigenvalue weighted by Gasteiger charge is -2.31. The molecule has 0 saturated heterocycles. The smallest absolute Gasteiger partial charge is 0.0983 e. The van der Waals surface area contributed by atoms with Gasteiger partial charge in [0.1, 0.15) is 0 Å². The van der Waals surface area contributed by atoms with Crippen molar-refractivity contribution in [3.63, 3.8) is 0 Å². The molecule has 1 N–H and O–H groups in total. The largest absolute Gasteiger partial charge is 0.387 e. The third kappa shape index (κ3) is 1.97. The molecular formula is C16H22N2O. The van der Waals surface area contributed by atoms with Gasteiger partial charge in [0.15, 0.2) is 0 Å².